The van der Waals surface area contributed by atoms with Gasteiger partial charge in [-0.05, 0) is 19.3 Å². The molecule has 1 aliphatic rings. The molecule has 0 aromatic rings. The summed E-state index contributed by atoms with van der Waals surface area (Å²) in [5.41, 5.74) is 0. The van der Waals surface area contributed by atoms with Gasteiger partial charge in [-0.25, -0.2) is 0 Å². The van der Waals surface area contributed by atoms with Crippen molar-refractivity contribution in [2.75, 3.05) is 6.61 Å². The van der Waals surface area contributed by atoms with Gasteiger partial charge in [0.1, 0.15) is 0 Å². The third-order valence-corrected chi connectivity index (χ3v) is 2.97. The van der Waals surface area contributed by atoms with E-state index in [9.17, 15) is 0 Å². The van der Waals surface area contributed by atoms with Gasteiger partial charge in [0.25, 0.3) is 0 Å². The van der Waals surface area contributed by atoms with Crippen molar-refractivity contribution < 1.29 is 9.47 Å². The van der Waals surface area contributed by atoms with E-state index in [1.807, 2.05) is 6.92 Å². The normalized spacial score (nSPS) is 32.4. The predicted octanol–water partition coefficient (Wildman–Crippen LogP) is 3.35. The molecule has 2 nitrogen and oxygen atoms in total. The van der Waals surface area contributed by atoms with Gasteiger partial charge in [-0.3, -0.25) is 0 Å². The molecule has 0 bridgehead atoms. The number of ether oxygens (including phenoxy) is 2. The largest absolute Gasteiger partial charge is 0.353 e. The smallest absolute Gasteiger partial charge is 0.158 e. The van der Waals surface area contributed by atoms with Crippen molar-refractivity contribution in [2.45, 2.75) is 65.3 Å². The maximum Gasteiger partial charge on any atom is 0.158 e. The molecule has 0 unspecified atom stereocenters. The zero-order valence-corrected chi connectivity index (χ0v) is 9.79. The van der Waals surface area contributed by atoms with Gasteiger partial charge in [-0.15, -0.1) is 0 Å². The minimum Gasteiger partial charge on any atom is -0.353 e. The summed E-state index contributed by atoms with van der Waals surface area (Å²) in [6.07, 6.45) is 6.70. The molecule has 0 aromatic carbocycles. The lowest BCUT2D eigenvalue weighted by molar-refractivity contribution is -0.132. The molecule has 0 amide bonds. The molecule has 14 heavy (non-hydrogen) atoms. The Kier molecular flexibility index (Phi) is 5.49. The van der Waals surface area contributed by atoms with E-state index < -0.39 is 0 Å². The molecule has 0 aliphatic carbocycles. The van der Waals surface area contributed by atoms with E-state index in [4.69, 9.17) is 9.47 Å². The fourth-order valence-electron chi connectivity index (χ4n) is 2.08. The molecular formula is C12H24O2. The quantitative estimate of drug-likeness (QED) is 0.612. The highest BCUT2D eigenvalue weighted by Gasteiger charge is 2.31. The van der Waals surface area contributed by atoms with Gasteiger partial charge in [-0.1, -0.05) is 33.1 Å². The number of hydrogen-bond acceptors (Lipinski definition) is 2. The third kappa shape index (κ3) is 3.58. The molecule has 1 heterocycles. The van der Waals surface area contributed by atoms with Crippen LogP contribution in [0, 0.1) is 5.92 Å². The lowest BCUT2D eigenvalue weighted by atomic mass is 9.99. The van der Waals surface area contributed by atoms with Crippen LogP contribution in [0.3, 0.4) is 0 Å². The summed E-state index contributed by atoms with van der Waals surface area (Å²) in [6.45, 7) is 7.30. The number of rotatable bonds is 6. The van der Waals surface area contributed by atoms with Crippen LogP contribution in [0.25, 0.3) is 0 Å². The maximum absolute atomic E-state index is 5.84. The van der Waals surface area contributed by atoms with Gasteiger partial charge in [-0.2, -0.15) is 0 Å². The first kappa shape index (κ1) is 12.0. The Morgan fingerprint density at radius 2 is 2.07 bits per heavy atom. The summed E-state index contributed by atoms with van der Waals surface area (Å²) in [4.78, 5) is 0. The molecule has 0 aromatic heterocycles. The van der Waals surface area contributed by atoms with Crippen molar-refractivity contribution in [1.82, 2.24) is 0 Å². The van der Waals surface area contributed by atoms with Gasteiger partial charge >= 0.3 is 0 Å². The molecule has 2 heteroatoms. The third-order valence-electron chi connectivity index (χ3n) is 2.97. The highest BCUT2D eigenvalue weighted by Crippen LogP contribution is 2.29. The molecule has 0 spiro atoms. The minimum atomic E-state index is 0.0710. The van der Waals surface area contributed by atoms with Crippen molar-refractivity contribution in [1.29, 1.82) is 0 Å². The van der Waals surface area contributed by atoms with E-state index in [0.29, 0.717) is 12.0 Å². The van der Waals surface area contributed by atoms with E-state index >= 15 is 0 Å². The molecule has 84 valence electrons. The second kappa shape index (κ2) is 6.41. The van der Waals surface area contributed by atoms with Gasteiger partial charge in [0.05, 0.1) is 6.10 Å². The van der Waals surface area contributed by atoms with Crippen LogP contribution in [0.15, 0.2) is 0 Å². The van der Waals surface area contributed by atoms with E-state index in [1.165, 1.54) is 25.7 Å². The van der Waals surface area contributed by atoms with Gasteiger partial charge in [0.15, 0.2) is 6.29 Å². The lowest BCUT2D eigenvalue weighted by Gasteiger charge is -2.14. The molecule has 1 aliphatic heterocycles. The van der Waals surface area contributed by atoms with Crippen LogP contribution in [0.4, 0.5) is 0 Å². The molecule has 3 atom stereocenters. The Hall–Kier alpha value is -0.0800. The van der Waals surface area contributed by atoms with Crippen LogP contribution >= 0.6 is 0 Å². The van der Waals surface area contributed by atoms with Crippen LogP contribution in [-0.2, 0) is 9.47 Å². The zero-order valence-electron chi connectivity index (χ0n) is 9.79. The Morgan fingerprint density at radius 3 is 2.71 bits per heavy atom. The first-order valence-electron chi connectivity index (χ1n) is 6.05. The van der Waals surface area contributed by atoms with Crippen molar-refractivity contribution in [3.05, 3.63) is 0 Å². The fourth-order valence-corrected chi connectivity index (χ4v) is 2.08. The zero-order chi connectivity index (χ0) is 10.4. The molecular weight excluding hydrogens is 176 g/mol. The average Bonchev–Trinajstić information content (AvgIpc) is 2.48. The SMILES string of the molecule is CCCCC[C@H]1O[C@H](OCC)C[C@@H]1C. The summed E-state index contributed by atoms with van der Waals surface area (Å²) in [6, 6.07) is 0. The predicted molar refractivity (Wildman–Crippen MR) is 58.2 cm³/mol. The first-order chi connectivity index (χ1) is 6.77. The summed E-state index contributed by atoms with van der Waals surface area (Å²) >= 11 is 0. The summed E-state index contributed by atoms with van der Waals surface area (Å²) < 4.78 is 11.3. The second-order valence-corrected chi connectivity index (χ2v) is 4.27. The number of unbranched alkanes of at least 4 members (excludes halogenated alkanes) is 2. The molecule has 0 N–H and O–H groups in total. The van der Waals surface area contributed by atoms with Crippen molar-refractivity contribution >= 4 is 0 Å². The molecule has 0 radical (unpaired) electrons. The minimum absolute atomic E-state index is 0.0710. The van der Waals surface area contributed by atoms with E-state index in [0.717, 1.165) is 13.0 Å². The monoisotopic (exact) mass is 200 g/mol. The Balaban J connectivity index is 2.19. The topological polar surface area (TPSA) is 18.5 Å². The summed E-state index contributed by atoms with van der Waals surface area (Å²) in [5, 5.41) is 0. The average molecular weight is 200 g/mol. The second-order valence-electron chi connectivity index (χ2n) is 4.27. The van der Waals surface area contributed by atoms with Crippen LogP contribution in [0.1, 0.15) is 52.9 Å². The summed E-state index contributed by atoms with van der Waals surface area (Å²) in [5.74, 6) is 0.670. The molecule has 0 saturated carbocycles. The highest BCUT2D eigenvalue weighted by atomic mass is 16.7. The van der Waals surface area contributed by atoms with Crippen LogP contribution in [0.5, 0.6) is 0 Å². The maximum atomic E-state index is 5.84. The Bertz CT molecular complexity index is 147. The van der Waals surface area contributed by atoms with Crippen LogP contribution in [0.2, 0.25) is 0 Å². The van der Waals surface area contributed by atoms with Gasteiger partial charge in [0.2, 0.25) is 0 Å². The fraction of sp³-hybridized carbons (Fsp3) is 1.00. The molecule has 1 rings (SSSR count). The Morgan fingerprint density at radius 1 is 1.29 bits per heavy atom. The highest BCUT2D eigenvalue weighted by molar-refractivity contribution is 4.75. The van der Waals surface area contributed by atoms with E-state index in [1.54, 1.807) is 0 Å². The Labute approximate surface area is 88.0 Å². The van der Waals surface area contributed by atoms with Crippen LogP contribution < -0.4 is 0 Å². The van der Waals surface area contributed by atoms with Crippen molar-refractivity contribution in [3.63, 3.8) is 0 Å². The van der Waals surface area contributed by atoms with Gasteiger partial charge in [0, 0.05) is 13.0 Å². The van der Waals surface area contributed by atoms with Crippen LogP contribution in [-0.4, -0.2) is 19.0 Å². The first-order valence-corrected chi connectivity index (χ1v) is 6.05. The van der Waals surface area contributed by atoms with Gasteiger partial charge < -0.3 is 9.47 Å². The lowest BCUT2D eigenvalue weighted by Crippen LogP contribution is -2.15. The number of hydrogen-bond donors (Lipinski definition) is 0. The van der Waals surface area contributed by atoms with E-state index in [2.05, 4.69) is 13.8 Å². The summed E-state index contributed by atoms with van der Waals surface area (Å²) in [7, 11) is 0. The standard InChI is InChI=1S/C12H24O2/c1-4-6-7-8-11-10(3)9-12(14-11)13-5-2/h10-12H,4-9H2,1-3H3/t10-,11+,12-/m0/s1. The van der Waals surface area contributed by atoms with Crippen molar-refractivity contribution in [2.24, 2.45) is 5.92 Å². The molecule has 1 fully saturated rings. The van der Waals surface area contributed by atoms with E-state index in [-0.39, 0.29) is 6.29 Å². The molecule has 1 saturated heterocycles. The van der Waals surface area contributed by atoms with Crippen molar-refractivity contribution in [3.8, 4) is 0 Å².